The van der Waals surface area contributed by atoms with Crippen LogP contribution in [0.2, 0.25) is 5.02 Å². The van der Waals surface area contributed by atoms with Crippen LogP contribution in [0, 0.1) is 17.1 Å². The van der Waals surface area contributed by atoms with Crippen LogP contribution in [0.3, 0.4) is 0 Å². The summed E-state index contributed by atoms with van der Waals surface area (Å²) in [6.45, 7) is 5.13. The summed E-state index contributed by atoms with van der Waals surface area (Å²) in [5, 5.41) is 11.8. The summed E-state index contributed by atoms with van der Waals surface area (Å²) < 4.78 is 13.7. The number of nitriles is 1. The first kappa shape index (κ1) is 20.3. The van der Waals surface area contributed by atoms with Crippen LogP contribution in [-0.2, 0) is 11.3 Å². The third-order valence-corrected chi connectivity index (χ3v) is 5.05. The fourth-order valence-corrected chi connectivity index (χ4v) is 3.34. The maximum Gasteiger partial charge on any atom is 0.225 e. The van der Waals surface area contributed by atoms with Gasteiger partial charge in [0.05, 0.1) is 17.3 Å². The molecule has 0 unspecified atom stereocenters. The average molecular weight is 401 g/mol. The third-order valence-electron chi connectivity index (χ3n) is 4.81. The SMILES string of the molecule is N#Cc1ccc(CN2CCN(CCC(=O)Nc3ccc(Cl)cc3F)CC2)cc1. The first-order chi connectivity index (χ1) is 13.5. The first-order valence-corrected chi connectivity index (χ1v) is 9.60. The lowest BCUT2D eigenvalue weighted by atomic mass is 10.1. The van der Waals surface area contributed by atoms with Crippen LogP contribution >= 0.6 is 11.6 Å². The van der Waals surface area contributed by atoms with Gasteiger partial charge in [-0.25, -0.2) is 4.39 Å². The maximum absolute atomic E-state index is 13.7. The average Bonchev–Trinajstić information content (AvgIpc) is 2.70. The second-order valence-corrected chi connectivity index (χ2v) is 7.29. The summed E-state index contributed by atoms with van der Waals surface area (Å²) in [4.78, 5) is 16.7. The smallest absolute Gasteiger partial charge is 0.225 e. The molecular weight excluding hydrogens is 379 g/mol. The molecule has 0 radical (unpaired) electrons. The monoisotopic (exact) mass is 400 g/mol. The molecule has 0 aromatic heterocycles. The topological polar surface area (TPSA) is 59.4 Å². The molecule has 1 aliphatic rings. The van der Waals surface area contributed by atoms with E-state index < -0.39 is 5.82 Å². The molecule has 1 fully saturated rings. The summed E-state index contributed by atoms with van der Waals surface area (Å²) in [5.41, 5.74) is 2.02. The summed E-state index contributed by atoms with van der Waals surface area (Å²) in [6, 6.07) is 14.0. The van der Waals surface area contributed by atoms with Crippen LogP contribution in [0.25, 0.3) is 0 Å². The summed E-state index contributed by atoms with van der Waals surface area (Å²) in [7, 11) is 0. The van der Waals surface area contributed by atoms with Gasteiger partial charge in [0, 0.05) is 50.7 Å². The molecule has 0 bridgehead atoms. The molecule has 1 saturated heterocycles. The normalized spacial score (nSPS) is 15.2. The highest BCUT2D eigenvalue weighted by Gasteiger charge is 2.18. The van der Waals surface area contributed by atoms with Crippen molar-refractivity contribution in [2.75, 3.05) is 38.0 Å². The molecule has 0 atom stereocenters. The second kappa shape index (κ2) is 9.65. The number of nitrogens with zero attached hydrogens (tertiary/aromatic N) is 3. The van der Waals surface area contributed by atoms with E-state index in [1.54, 1.807) is 6.07 Å². The number of halogens is 2. The zero-order chi connectivity index (χ0) is 19.9. The minimum absolute atomic E-state index is 0.154. The standard InChI is InChI=1S/C21H22ClFN4O/c22-18-5-6-20(19(23)13-18)25-21(28)7-8-26-9-11-27(12-10-26)15-17-3-1-16(14-24)2-4-17/h1-6,13H,7-12,15H2,(H,25,28). The highest BCUT2D eigenvalue weighted by atomic mass is 35.5. The summed E-state index contributed by atoms with van der Waals surface area (Å²) in [6.07, 6.45) is 0.317. The molecule has 2 aromatic carbocycles. The molecule has 2 aromatic rings. The van der Waals surface area contributed by atoms with Crippen LogP contribution in [-0.4, -0.2) is 48.4 Å². The van der Waals surface area contributed by atoms with Gasteiger partial charge in [0.2, 0.25) is 5.91 Å². The van der Waals surface area contributed by atoms with Crippen LogP contribution in [0.15, 0.2) is 42.5 Å². The fourth-order valence-electron chi connectivity index (χ4n) is 3.18. The number of carbonyl (C=O) groups excluding carboxylic acids is 1. The van der Waals surface area contributed by atoms with E-state index in [4.69, 9.17) is 16.9 Å². The van der Waals surface area contributed by atoms with Crippen LogP contribution in [0.4, 0.5) is 10.1 Å². The Labute approximate surface area is 169 Å². The largest absolute Gasteiger partial charge is 0.324 e. The number of rotatable bonds is 6. The Kier molecular flexibility index (Phi) is 6.99. The zero-order valence-electron chi connectivity index (χ0n) is 15.5. The predicted molar refractivity (Wildman–Crippen MR) is 108 cm³/mol. The number of hydrogen-bond donors (Lipinski definition) is 1. The fraction of sp³-hybridized carbons (Fsp3) is 0.333. The van der Waals surface area contributed by atoms with Crippen LogP contribution in [0.1, 0.15) is 17.5 Å². The van der Waals surface area contributed by atoms with Gasteiger partial charge in [-0.2, -0.15) is 5.26 Å². The Bertz CT molecular complexity index is 858. The van der Waals surface area contributed by atoms with Crippen molar-refractivity contribution >= 4 is 23.2 Å². The minimum atomic E-state index is -0.530. The van der Waals surface area contributed by atoms with Crippen molar-refractivity contribution in [3.05, 3.63) is 64.4 Å². The molecular formula is C21H22ClFN4O. The van der Waals surface area contributed by atoms with Gasteiger partial charge in [0.15, 0.2) is 0 Å². The van der Waals surface area contributed by atoms with E-state index in [1.165, 1.54) is 17.7 Å². The molecule has 0 saturated carbocycles. The van der Waals surface area contributed by atoms with Crippen LogP contribution in [0.5, 0.6) is 0 Å². The predicted octanol–water partition coefficient (Wildman–Crippen LogP) is 3.50. The van der Waals surface area contributed by atoms with Gasteiger partial charge in [-0.3, -0.25) is 9.69 Å². The Morgan fingerprint density at radius 3 is 2.43 bits per heavy atom. The molecule has 1 N–H and O–H groups in total. The lowest BCUT2D eigenvalue weighted by Gasteiger charge is -2.34. The van der Waals surface area contributed by atoms with Gasteiger partial charge in [-0.15, -0.1) is 0 Å². The highest BCUT2D eigenvalue weighted by Crippen LogP contribution is 2.19. The van der Waals surface area contributed by atoms with Crippen molar-refractivity contribution in [1.29, 1.82) is 5.26 Å². The van der Waals surface area contributed by atoms with Crippen molar-refractivity contribution in [2.45, 2.75) is 13.0 Å². The highest BCUT2D eigenvalue weighted by molar-refractivity contribution is 6.30. The molecule has 1 heterocycles. The van der Waals surface area contributed by atoms with Crippen LogP contribution < -0.4 is 5.32 Å². The number of benzene rings is 2. The maximum atomic E-state index is 13.7. The number of anilines is 1. The van der Waals surface area contributed by atoms with E-state index in [-0.39, 0.29) is 11.6 Å². The molecule has 1 aliphatic heterocycles. The number of nitrogens with one attached hydrogen (secondary N) is 1. The van der Waals surface area contributed by atoms with Crippen molar-refractivity contribution in [2.24, 2.45) is 0 Å². The molecule has 1 amide bonds. The number of carbonyl (C=O) groups is 1. The van der Waals surface area contributed by atoms with Crippen molar-refractivity contribution in [1.82, 2.24) is 9.80 Å². The summed E-state index contributed by atoms with van der Waals surface area (Å²) in [5.74, 6) is -0.737. The van der Waals surface area contributed by atoms with Crippen molar-refractivity contribution < 1.29 is 9.18 Å². The number of piperazine rings is 1. The van der Waals surface area contributed by atoms with E-state index >= 15 is 0 Å². The van der Waals surface area contributed by atoms with E-state index in [2.05, 4.69) is 21.2 Å². The second-order valence-electron chi connectivity index (χ2n) is 6.85. The third kappa shape index (κ3) is 5.77. The van der Waals surface area contributed by atoms with Gasteiger partial charge in [0.25, 0.3) is 0 Å². The Balaban J connectivity index is 1.39. The Morgan fingerprint density at radius 1 is 1.11 bits per heavy atom. The van der Waals surface area contributed by atoms with E-state index in [0.717, 1.165) is 32.7 Å². The number of hydrogen-bond acceptors (Lipinski definition) is 4. The molecule has 0 spiro atoms. The van der Waals surface area contributed by atoms with Gasteiger partial charge in [0.1, 0.15) is 5.82 Å². The summed E-state index contributed by atoms with van der Waals surface area (Å²) >= 11 is 5.72. The lowest BCUT2D eigenvalue weighted by molar-refractivity contribution is -0.116. The Hall–Kier alpha value is -2.46. The van der Waals surface area contributed by atoms with Gasteiger partial charge >= 0.3 is 0 Å². The number of amides is 1. The quantitative estimate of drug-likeness (QED) is 0.806. The molecule has 3 rings (SSSR count). The van der Waals surface area contributed by atoms with Crippen molar-refractivity contribution in [3.8, 4) is 6.07 Å². The van der Waals surface area contributed by atoms with E-state index in [9.17, 15) is 9.18 Å². The Morgan fingerprint density at radius 2 is 1.79 bits per heavy atom. The van der Waals surface area contributed by atoms with Gasteiger partial charge in [-0.05, 0) is 35.9 Å². The molecule has 28 heavy (non-hydrogen) atoms. The molecule has 146 valence electrons. The van der Waals surface area contributed by atoms with Gasteiger partial charge in [-0.1, -0.05) is 23.7 Å². The molecule has 5 nitrogen and oxygen atoms in total. The van der Waals surface area contributed by atoms with Gasteiger partial charge < -0.3 is 10.2 Å². The van der Waals surface area contributed by atoms with E-state index in [0.29, 0.717) is 23.6 Å². The molecule has 0 aliphatic carbocycles. The lowest BCUT2D eigenvalue weighted by Crippen LogP contribution is -2.46. The zero-order valence-corrected chi connectivity index (χ0v) is 16.3. The van der Waals surface area contributed by atoms with E-state index in [1.807, 2.05) is 24.3 Å². The first-order valence-electron chi connectivity index (χ1n) is 9.22. The minimum Gasteiger partial charge on any atom is -0.324 e. The molecule has 7 heteroatoms. The van der Waals surface area contributed by atoms with Crippen molar-refractivity contribution in [3.63, 3.8) is 0 Å².